The van der Waals surface area contributed by atoms with Gasteiger partial charge in [0.1, 0.15) is 0 Å². The molecule has 3 rings (SSSR count). The number of fused-ring (bicyclic) bond motifs is 1. The van der Waals surface area contributed by atoms with E-state index < -0.39 is 0 Å². The Hall–Kier alpha value is -1.17. The van der Waals surface area contributed by atoms with Crippen LogP contribution in [-0.2, 0) is 6.54 Å². The summed E-state index contributed by atoms with van der Waals surface area (Å²) in [5, 5.41) is 5.64. The quantitative estimate of drug-likeness (QED) is 0.759. The molecule has 2 heterocycles. The Morgan fingerprint density at radius 3 is 2.85 bits per heavy atom. The Morgan fingerprint density at radius 1 is 1.35 bits per heavy atom. The first-order valence-corrected chi connectivity index (χ1v) is 8.22. The van der Waals surface area contributed by atoms with Crippen LogP contribution >= 0.6 is 27.3 Å². The minimum absolute atomic E-state index is 0.312. The topological polar surface area (TPSA) is 29.3 Å². The van der Waals surface area contributed by atoms with E-state index in [0.717, 1.165) is 21.7 Å². The molecule has 0 aliphatic carbocycles. The molecule has 0 bridgehead atoms. The molecule has 0 amide bonds. The number of aryl methyl sites for hydroxylation is 1. The van der Waals surface area contributed by atoms with Crippen molar-refractivity contribution in [2.45, 2.75) is 26.4 Å². The van der Waals surface area contributed by atoms with Crippen LogP contribution in [-0.4, -0.2) is 9.38 Å². The standard InChI is InChI=1S/C15H16BrN3S/c1-10(12-3-5-13(16)6-4-12)17-9-14-11(2)18-15-19(14)7-8-20-15/h3-8,10,17H,9H2,1-2H3/t10-/m1/s1. The highest BCUT2D eigenvalue weighted by molar-refractivity contribution is 9.10. The first kappa shape index (κ1) is 13.8. The first-order chi connectivity index (χ1) is 9.65. The van der Waals surface area contributed by atoms with Gasteiger partial charge < -0.3 is 5.32 Å². The van der Waals surface area contributed by atoms with Gasteiger partial charge in [0.25, 0.3) is 0 Å². The van der Waals surface area contributed by atoms with Gasteiger partial charge in [-0.1, -0.05) is 28.1 Å². The lowest BCUT2D eigenvalue weighted by Crippen LogP contribution is -2.19. The fourth-order valence-corrected chi connectivity index (χ4v) is 3.32. The molecule has 0 radical (unpaired) electrons. The van der Waals surface area contributed by atoms with E-state index in [9.17, 15) is 0 Å². The van der Waals surface area contributed by atoms with E-state index in [1.165, 1.54) is 11.3 Å². The molecular formula is C15H16BrN3S. The molecular weight excluding hydrogens is 334 g/mol. The molecule has 0 aliphatic heterocycles. The van der Waals surface area contributed by atoms with Crippen LogP contribution in [0.25, 0.3) is 4.96 Å². The van der Waals surface area contributed by atoms with Gasteiger partial charge in [0, 0.05) is 28.6 Å². The molecule has 1 atom stereocenters. The minimum atomic E-state index is 0.312. The van der Waals surface area contributed by atoms with E-state index in [1.807, 2.05) is 0 Å². The van der Waals surface area contributed by atoms with Gasteiger partial charge in [0.15, 0.2) is 4.96 Å². The van der Waals surface area contributed by atoms with Crippen LogP contribution in [0.2, 0.25) is 0 Å². The van der Waals surface area contributed by atoms with E-state index >= 15 is 0 Å². The normalized spacial score (nSPS) is 12.9. The molecule has 0 unspecified atom stereocenters. The Kier molecular flexibility index (Phi) is 3.92. The molecule has 5 heteroatoms. The smallest absolute Gasteiger partial charge is 0.194 e. The van der Waals surface area contributed by atoms with Crippen LogP contribution < -0.4 is 5.32 Å². The molecule has 0 fully saturated rings. The number of nitrogens with one attached hydrogen (secondary N) is 1. The van der Waals surface area contributed by atoms with Crippen molar-refractivity contribution in [2.24, 2.45) is 0 Å². The Labute approximate surface area is 130 Å². The molecule has 104 valence electrons. The number of nitrogens with zero attached hydrogens (tertiary/aromatic N) is 2. The molecule has 3 aromatic rings. The van der Waals surface area contributed by atoms with Gasteiger partial charge in [-0.25, -0.2) is 4.98 Å². The van der Waals surface area contributed by atoms with Crippen molar-refractivity contribution >= 4 is 32.2 Å². The van der Waals surface area contributed by atoms with Crippen LogP contribution in [0, 0.1) is 6.92 Å². The van der Waals surface area contributed by atoms with E-state index in [4.69, 9.17) is 0 Å². The van der Waals surface area contributed by atoms with Gasteiger partial charge in [-0.3, -0.25) is 4.40 Å². The second-order valence-electron chi connectivity index (χ2n) is 4.85. The summed E-state index contributed by atoms with van der Waals surface area (Å²) in [5.74, 6) is 0. The molecule has 0 saturated heterocycles. The number of thiazole rings is 1. The number of aromatic nitrogens is 2. The van der Waals surface area contributed by atoms with Crippen LogP contribution in [0.5, 0.6) is 0 Å². The second kappa shape index (κ2) is 5.68. The van der Waals surface area contributed by atoms with E-state index in [2.05, 4.69) is 80.3 Å². The summed E-state index contributed by atoms with van der Waals surface area (Å²) >= 11 is 5.14. The molecule has 20 heavy (non-hydrogen) atoms. The maximum absolute atomic E-state index is 4.57. The second-order valence-corrected chi connectivity index (χ2v) is 6.64. The molecule has 0 aliphatic rings. The maximum atomic E-state index is 4.57. The Bertz CT molecular complexity index is 714. The number of halogens is 1. The fraction of sp³-hybridized carbons (Fsp3) is 0.267. The van der Waals surface area contributed by atoms with Crippen molar-refractivity contribution in [3.8, 4) is 0 Å². The highest BCUT2D eigenvalue weighted by Crippen LogP contribution is 2.19. The first-order valence-electron chi connectivity index (χ1n) is 6.55. The third-order valence-electron chi connectivity index (χ3n) is 3.51. The zero-order valence-electron chi connectivity index (χ0n) is 11.4. The van der Waals surface area contributed by atoms with Gasteiger partial charge >= 0.3 is 0 Å². The summed E-state index contributed by atoms with van der Waals surface area (Å²) in [7, 11) is 0. The summed E-state index contributed by atoms with van der Waals surface area (Å²) in [4.78, 5) is 5.64. The molecule has 1 aromatic carbocycles. The van der Waals surface area contributed by atoms with Crippen LogP contribution in [0.15, 0.2) is 40.3 Å². The van der Waals surface area contributed by atoms with Crippen molar-refractivity contribution in [3.05, 3.63) is 57.3 Å². The van der Waals surface area contributed by atoms with Crippen molar-refractivity contribution < 1.29 is 0 Å². The summed E-state index contributed by atoms with van der Waals surface area (Å²) in [6, 6.07) is 8.76. The largest absolute Gasteiger partial charge is 0.305 e. The third kappa shape index (κ3) is 2.66. The molecule has 3 nitrogen and oxygen atoms in total. The number of rotatable bonds is 4. The summed E-state index contributed by atoms with van der Waals surface area (Å²) < 4.78 is 3.28. The monoisotopic (exact) mass is 349 g/mol. The molecule has 2 aromatic heterocycles. The fourth-order valence-electron chi connectivity index (χ4n) is 2.27. The summed E-state index contributed by atoms with van der Waals surface area (Å²) in [6.45, 7) is 5.08. The van der Waals surface area contributed by atoms with Crippen molar-refractivity contribution in [2.75, 3.05) is 0 Å². The van der Waals surface area contributed by atoms with E-state index in [1.54, 1.807) is 11.3 Å². The van der Waals surface area contributed by atoms with Gasteiger partial charge in [-0.05, 0) is 31.5 Å². The minimum Gasteiger partial charge on any atom is -0.305 e. The Balaban J connectivity index is 1.74. The van der Waals surface area contributed by atoms with Gasteiger partial charge in [0.2, 0.25) is 0 Å². The number of imidazole rings is 1. The van der Waals surface area contributed by atoms with Gasteiger partial charge in [-0.15, -0.1) is 11.3 Å². The van der Waals surface area contributed by atoms with Gasteiger partial charge in [0.05, 0.1) is 11.4 Å². The molecule has 1 N–H and O–H groups in total. The predicted octanol–water partition coefficient (Wildman–Crippen LogP) is 4.32. The van der Waals surface area contributed by atoms with Gasteiger partial charge in [-0.2, -0.15) is 0 Å². The lowest BCUT2D eigenvalue weighted by molar-refractivity contribution is 0.564. The third-order valence-corrected chi connectivity index (χ3v) is 4.79. The number of hydrogen-bond donors (Lipinski definition) is 1. The van der Waals surface area contributed by atoms with Crippen molar-refractivity contribution in [3.63, 3.8) is 0 Å². The average Bonchev–Trinajstić information content (AvgIpc) is 2.98. The van der Waals surface area contributed by atoms with Crippen LogP contribution in [0.1, 0.15) is 29.9 Å². The number of hydrogen-bond acceptors (Lipinski definition) is 3. The van der Waals surface area contributed by atoms with E-state index in [-0.39, 0.29) is 0 Å². The predicted molar refractivity (Wildman–Crippen MR) is 87.2 cm³/mol. The lowest BCUT2D eigenvalue weighted by Gasteiger charge is -2.14. The van der Waals surface area contributed by atoms with Crippen LogP contribution in [0.3, 0.4) is 0 Å². The molecule has 0 spiro atoms. The Morgan fingerprint density at radius 2 is 2.10 bits per heavy atom. The zero-order valence-corrected chi connectivity index (χ0v) is 13.8. The average molecular weight is 350 g/mol. The zero-order chi connectivity index (χ0) is 14.1. The molecule has 0 saturated carbocycles. The van der Waals surface area contributed by atoms with Crippen LogP contribution in [0.4, 0.5) is 0 Å². The SMILES string of the molecule is Cc1nc2sccn2c1CN[C@H](C)c1ccc(Br)cc1. The maximum Gasteiger partial charge on any atom is 0.194 e. The summed E-state index contributed by atoms with van der Waals surface area (Å²) in [5.41, 5.74) is 3.63. The lowest BCUT2D eigenvalue weighted by atomic mass is 10.1. The van der Waals surface area contributed by atoms with E-state index in [0.29, 0.717) is 6.04 Å². The van der Waals surface area contributed by atoms with Crippen molar-refractivity contribution in [1.29, 1.82) is 0 Å². The highest BCUT2D eigenvalue weighted by atomic mass is 79.9. The number of benzene rings is 1. The summed E-state index contributed by atoms with van der Waals surface area (Å²) in [6.07, 6.45) is 2.08. The highest BCUT2D eigenvalue weighted by Gasteiger charge is 2.11. The van der Waals surface area contributed by atoms with Crippen molar-refractivity contribution in [1.82, 2.24) is 14.7 Å².